The van der Waals surface area contributed by atoms with Crippen molar-refractivity contribution >= 4 is 17.3 Å². The second kappa shape index (κ2) is 4.93. The van der Waals surface area contributed by atoms with Gasteiger partial charge in [0, 0.05) is 18.8 Å². The SMILES string of the molecule is Cc1cc(Nc2c(C)nn(C)c2C)n2nc(C(F)(F)F)nc2n1. The number of alkyl halides is 3. The van der Waals surface area contributed by atoms with Gasteiger partial charge in [-0.2, -0.15) is 27.8 Å². The number of hydrogen-bond donors (Lipinski definition) is 1. The second-order valence-electron chi connectivity index (χ2n) is 5.22. The summed E-state index contributed by atoms with van der Waals surface area (Å²) >= 11 is 0. The fraction of sp³-hybridized carbons (Fsp3) is 0.385. The number of aromatic nitrogens is 6. The highest BCUT2D eigenvalue weighted by atomic mass is 19.4. The molecule has 0 amide bonds. The quantitative estimate of drug-likeness (QED) is 0.784. The monoisotopic (exact) mass is 325 g/mol. The summed E-state index contributed by atoms with van der Waals surface area (Å²) in [6.07, 6.45) is -4.63. The van der Waals surface area contributed by atoms with Crippen molar-refractivity contribution in [1.82, 2.24) is 29.4 Å². The van der Waals surface area contributed by atoms with Crippen molar-refractivity contribution in [3.8, 4) is 0 Å². The summed E-state index contributed by atoms with van der Waals surface area (Å²) in [6.45, 7) is 5.34. The molecule has 3 aromatic heterocycles. The van der Waals surface area contributed by atoms with Crippen LogP contribution in [0.25, 0.3) is 5.78 Å². The van der Waals surface area contributed by atoms with Gasteiger partial charge in [0.1, 0.15) is 5.82 Å². The zero-order chi connectivity index (χ0) is 16.9. The first kappa shape index (κ1) is 15.3. The molecule has 1 N–H and O–H groups in total. The van der Waals surface area contributed by atoms with E-state index in [-0.39, 0.29) is 5.78 Å². The maximum absolute atomic E-state index is 12.8. The van der Waals surface area contributed by atoms with Crippen LogP contribution in [0.1, 0.15) is 22.9 Å². The summed E-state index contributed by atoms with van der Waals surface area (Å²) in [5.41, 5.74) is 2.81. The molecule has 3 rings (SSSR count). The molecule has 122 valence electrons. The lowest BCUT2D eigenvalue weighted by atomic mass is 10.3. The summed E-state index contributed by atoms with van der Waals surface area (Å²) in [7, 11) is 1.79. The van der Waals surface area contributed by atoms with E-state index in [2.05, 4.69) is 25.5 Å². The lowest BCUT2D eigenvalue weighted by molar-refractivity contribution is -0.144. The van der Waals surface area contributed by atoms with Crippen LogP contribution < -0.4 is 5.32 Å². The molecule has 0 saturated heterocycles. The van der Waals surface area contributed by atoms with E-state index in [1.54, 1.807) is 24.7 Å². The minimum atomic E-state index is -4.63. The molecule has 0 aliphatic carbocycles. The van der Waals surface area contributed by atoms with Gasteiger partial charge in [0.15, 0.2) is 0 Å². The molecule has 0 spiro atoms. The molecule has 0 aliphatic heterocycles. The summed E-state index contributed by atoms with van der Waals surface area (Å²) in [4.78, 5) is 7.44. The molecule has 0 atom stereocenters. The van der Waals surface area contributed by atoms with E-state index in [9.17, 15) is 13.2 Å². The maximum Gasteiger partial charge on any atom is 0.453 e. The molecular weight excluding hydrogens is 311 g/mol. The summed E-state index contributed by atoms with van der Waals surface area (Å²) in [6, 6.07) is 1.60. The van der Waals surface area contributed by atoms with Crippen LogP contribution in [-0.2, 0) is 13.2 Å². The van der Waals surface area contributed by atoms with Gasteiger partial charge in [0.25, 0.3) is 11.6 Å². The van der Waals surface area contributed by atoms with Crippen LogP contribution in [0.15, 0.2) is 6.07 Å². The Labute approximate surface area is 129 Å². The van der Waals surface area contributed by atoms with Crippen LogP contribution >= 0.6 is 0 Å². The minimum Gasteiger partial charge on any atom is -0.337 e. The molecule has 0 aliphatic rings. The lowest BCUT2D eigenvalue weighted by Gasteiger charge is -2.09. The van der Waals surface area contributed by atoms with Crippen LogP contribution in [0.3, 0.4) is 0 Å². The van der Waals surface area contributed by atoms with Crippen molar-refractivity contribution in [3.05, 3.63) is 29.0 Å². The topological polar surface area (TPSA) is 72.9 Å². The third-order valence-corrected chi connectivity index (χ3v) is 3.46. The van der Waals surface area contributed by atoms with Gasteiger partial charge < -0.3 is 5.32 Å². The molecule has 0 saturated carbocycles. The Balaban J connectivity index is 2.15. The zero-order valence-electron chi connectivity index (χ0n) is 12.9. The number of hydrogen-bond acceptors (Lipinski definition) is 5. The third kappa shape index (κ3) is 2.60. The van der Waals surface area contributed by atoms with Gasteiger partial charge in [-0.3, -0.25) is 4.68 Å². The number of rotatable bonds is 2. The summed E-state index contributed by atoms with van der Waals surface area (Å²) in [5.74, 6) is -0.994. The van der Waals surface area contributed by atoms with E-state index >= 15 is 0 Å². The smallest absolute Gasteiger partial charge is 0.337 e. The van der Waals surface area contributed by atoms with Crippen molar-refractivity contribution in [2.24, 2.45) is 7.05 Å². The molecule has 3 aromatic rings. The highest BCUT2D eigenvalue weighted by Gasteiger charge is 2.36. The molecule has 3 heterocycles. The van der Waals surface area contributed by atoms with Gasteiger partial charge in [-0.05, 0) is 20.8 Å². The summed E-state index contributed by atoms with van der Waals surface area (Å²) in [5, 5.41) is 10.9. The Morgan fingerprint density at radius 3 is 2.35 bits per heavy atom. The Morgan fingerprint density at radius 1 is 1.09 bits per heavy atom. The fourth-order valence-corrected chi connectivity index (χ4v) is 2.28. The molecule has 0 bridgehead atoms. The number of nitrogens with one attached hydrogen (secondary N) is 1. The molecular formula is C13H14F3N7. The maximum atomic E-state index is 12.8. The first-order chi connectivity index (χ1) is 10.7. The predicted molar refractivity (Wildman–Crippen MR) is 76.5 cm³/mol. The number of fused-ring (bicyclic) bond motifs is 1. The van der Waals surface area contributed by atoms with Crippen LogP contribution in [0.5, 0.6) is 0 Å². The minimum absolute atomic E-state index is 0.112. The van der Waals surface area contributed by atoms with Gasteiger partial charge >= 0.3 is 6.18 Å². The zero-order valence-corrected chi connectivity index (χ0v) is 12.9. The second-order valence-corrected chi connectivity index (χ2v) is 5.22. The Morgan fingerprint density at radius 2 is 1.78 bits per heavy atom. The van der Waals surface area contributed by atoms with Gasteiger partial charge in [-0.25, -0.2) is 4.98 Å². The third-order valence-electron chi connectivity index (χ3n) is 3.46. The van der Waals surface area contributed by atoms with Crippen LogP contribution in [-0.4, -0.2) is 29.4 Å². The van der Waals surface area contributed by atoms with E-state index in [1.165, 1.54) is 0 Å². The largest absolute Gasteiger partial charge is 0.453 e. The molecule has 0 radical (unpaired) electrons. The molecule has 10 heteroatoms. The Bertz CT molecular complexity index is 891. The normalized spacial score (nSPS) is 12.1. The standard InChI is InChI=1S/C13H14F3N7/c1-6-5-9(18-10-7(2)20-22(4)8(10)3)23-12(17-6)19-11(21-23)13(14,15)16/h5,18H,1-4H3. The first-order valence-electron chi connectivity index (χ1n) is 6.75. The molecule has 0 aromatic carbocycles. The Hall–Kier alpha value is -2.65. The van der Waals surface area contributed by atoms with Crippen molar-refractivity contribution in [1.29, 1.82) is 0 Å². The lowest BCUT2D eigenvalue weighted by Crippen LogP contribution is -2.08. The molecule has 0 unspecified atom stereocenters. The van der Waals surface area contributed by atoms with Crippen LogP contribution in [0.4, 0.5) is 24.7 Å². The molecule has 0 fully saturated rings. The summed E-state index contributed by atoms with van der Waals surface area (Å²) < 4.78 is 41.2. The van der Waals surface area contributed by atoms with Gasteiger partial charge in [0.2, 0.25) is 0 Å². The van der Waals surface area contributed by atoms with Gasteiger partial charge in [-0.15, -0.1) is 5.10 Å². The van der Waals surface area contributed by atoms with Gasteiger partial charge in [0.05, 0.1) is 17.1 Å². The van der Waals surface area contributed by atoms with Crippen LogP contribution in [0, 0.1) is 20.8 Å². The number of halogens is 3. The number of nitrogens with zero attached hydrogens (tertiary/aromatic N) is 6. The van der Waals surface area contributed by atoms with Crippen LogP contribution in [0.2, 0.25) is 0 Å². The number of anilines is 2. The van der Waals surface area contributed by atoms with Crippen molar-refractivity contribution in [3.63, 3.8) is 0 Å². The fourth-order valence-electron chi connectivity index (χ4n) is 2.28. The van der Waals surface area contributed by atoms with E-state index in [1.807, 2.05) is 13.8 Å². The van der Waals surface area contributed by atoms with Crippen molar-refractivity contribution in [2.45, 2.75) is 26.9 Å². The van der Waals surface area contributed by atoms with E-state index in [0.29, 0.717) is 17.2 Å². The average Bonchev–Trinajstić information content (AvgIpc) is 2.95. The molecule has 7 nitrogen and oxygen atoms in total. The van der Waals surface area contributed by atoms with Crippen molar-refractivity contribution < 1.29 is 13.2 Å². The molecule has 23 heavy (non-hydrogen) atoms. The van der Waals surface area contributed by atoms with Gasteiger partial charge in [-0.1, -0.05) is 0 Å². The van der Waals surface area contributed by atoms with E-state index in [4.69, 9.17) is 0 Å². The Kier molecular flexibility index (Phi) is 3.27. The van der Waals surface area contributed by atoms with E-state index in [0.717, 1.165) is 15.9 Å². The highest BCUT2D eigenvalue weighted by molar-refractivity contribution is 5.63. The predicted octanol–water partition coefficient (Wildman–Crippen LogP) is 2.55. The number of aryl methyl sites for hydroxylation is 3. The average molecular weight is 325 g/mol. The first-order valence-corrected chi connectivity index (χ1v) is 6.75. The van der Waals surface area contributed by atoms with E-state index < -0.39 is 12.0 Å². The highest BCUT2D eigenvalue weighted by Crippen LogP contribution is 2.28. The van der Waals surface area contributed by atoms with Crippen molar-refractivity contribution in [2.75, 3.05) is 5.32 Å².